The molecule has 1 N–H and O–H groups in total. The van der Waals surface area contributed by atoms with E-state index in [2.05, 4.69) is 12.2 Å². The molecule has 3 rings (SSSR count). The Labute approximate surface area is 154 Å². The molecular formula is C21H26N2O3. The molecule has 1 aliphatic rings. The van der Waals surface area contributed by atoms with Crippen molar-refractivity contribution < 1.29 is 9.53 Å². The third-order valence-electron chi connectivity index (χ3n) is 4.79. The normalized spacial score (nSPS) is 13.1. The molecule has 1 aliphatic carbocycles. The lowest BCUT2D eigenvalue weighted by Crippen LogP contribution is -2.30. The van der Waals surface area contributed by atoms with Crippen molar-refractivity contribution in [1.29, 1.82) is 0 Å². The van der Waals surface area contributed by atoms with Gasteiger partial charge in [0, 0.05) is 12.2 Å². The molecule has 138 valence electrons. The molecule has 2 aromatic rings. The molecule has 1 aromatic heterocycles. The van der Waals surface area contributed by atoms with Gasteiger partial charge in [-0.3, -0.25) is 10.1 Å². The van der Waals surface area contributed by atoms with Crippen LogP contribution in [0.5, 0.6) is 0 Å². The highest BCUT2D eigenvalue weighted by Gasteiger charge is 2.19. The van der Waals surface area contributed by atoms with Crippen LogP contribution >= 0.6 is 0 Å². The summed E-state index contributed by atoms with van der Waals surface area (Å²) < 4.78 is 7.11. The molecule has 26 heavy (non-hydrogen) atoms. The molecule has 0 aliphatic heterocycles. The Bertz CT molecular complexity index is 812. The van der Waals surface area contributed by atoms with Gasteiger partial charge in [-0.25, -0.2) is 4.79 Å². The molecule has 0 saturated heterocycles. The first kappa shape index (κ1) is 18.2. The largest absolute Gasteiger partial charge is 0.444 e. The zero-order chi connectivity index (χ0) is 18.4. The monoisotopic (exact) mass is 354 g/mol. The van der Waals surface area contributed by atoms with Crippen molar-refractivity contribution in [2.24, 2.45) is 0 Å². The molecule has 1 heterocycles. The molecule has 0 spiro atoms. The zero-order valence-corrected chi connectivity index (χ0v) is 15.3. The van der Waals surface area contributed by atoms with Crippen molar-refractivity contribution in [3.05, 3.63) is 63.6 Å². The van der Waals surface area contributed by atoms with E-state index in [1.807, 2.05) is 41.0 Å². The predicted octanol–water partition coefficient (Wildman–Crippen LogP) is 4.28. The van der Waals surface area contributed by atoms with Crippen LogP contribution in [0.4, 0.5) is 10.5 Å². The van der Waals surface area contributed by atoms with Gasteiger partial charge in [-0.2, -0.15) is 0 Å². The van der Waals surface area contributed by atoms with Gasteiger partial charge in [-0.05, 0) is 49.3 Å². The van der Waals surface area contributed by atoms with Gasteiger partial charge >= 0.3 is 6.09 Å². The number of benzene rings is 1. The Morgan fingerprint density at radius 3 is 2.73 bits per heavy atom. The van der Waals surface area contributed by atoms with Crippen LogP contribution in [0.25, 0.3) is 0 Å². The number of carbonyl (C=O) groups is 1. The van der Waals surface area contributed by atoms with E-state index in [4.69, 9.17) is 4.74 Å². The van der Waals surface area contributed by atoms with Crippen molar-refractivity contribution in [2.75, 3.05) is 5.32 Å². The van der Waals surface area contributed by atoms with E-state index in [9.17, 15) is 9.59 Å². The highest BCUT2D eigenvalue weighted by molar-refractivity contribution is 5.84. The minimum absolute atomic E-state index is 0.129. The number of amides is 1. The van der Waals surface area contributed by atoms with Crippen molar-refractivity contribution in [1.82, 2.24) is 4.57 Å². The number of nitrogens with one attached hydrogen (secondary N) is 1. The van der Waals surface area contributed by atoms with Gasteiger partial charge in [-0.15, -0.1) is 0 Å². The van der Waals surface area contributed by atoms with Gasteiger partial charge in [0.2, 0.25) is 0 Å². The quantitative estimate of drug-likeness (QED) is 0.842. The van der Waals surface area contributed by atoms with Crippen molar-refractivity contribution in [2.45, 2.75) is 58.6 Å². The summed E-state index contributed by atoms with van der Waals surface area (Å²) in [4.78, 5) is 25.0. The average Bonchev–Trinajstić information content (AvgIpc) is 2.67. The number of aryl methyl sites for hydroxylation is 1. The fraction of sp³-hybridized carbons (Fsp3) is 0.429. The summed E-state index contributed by atoms with van der Waals surface area (Å²) in [5.41, 5.74) is 3.41. The second-order valence-electron chi connectivity index (χ2n) is 6.73. The summed E-state index contributed by atoms with van der Waals surface area (Å²) in [7, 11) is 0. The van der Waals surface area contributed by atoms with Crippen molar-refractivity contribution in [3.8, 4) is 0 Å². The first-order valence-corrected chi connectivity index (χ1v) is 9.42. The SMILES string of the molecule is CCCCn1c2c(cc(NC(=O)OCc3ccccc3)c1=O)CCCC2. The van der Waals surface area contributed by atoms with Gasteiger partial charge in [-0.1, -0.05) is 43.7 Å². The summed E-state index contributed by atoms with van der Waals surface area (Å²) >= 11 is 0. The van der Waals surface area contributed by atoms with Crippen LogP contribution in [0, 0.1) is 0 Å². The lowest BCUT2D eigenvalue weighted by molar-refractivity contribution is 0.155. The Morgan fingerprint density at radius 2 is 1.96 bits per heavy atom. The number of unbranched alkanes of at least 4 members (excludes halogenated alkanes) is 1. The molecule has 1 amide bonds. The van der Waals surface area contributed by atoms with Crippen LogP contribution in [0.1, 0.15) is 49.4 Å². The number of anilines is 1. The number of hydrogen-bond acceptors (Lipinski definition) is 3. The van der Waals surface area contributed by atoms with Crippen LogP contribution < -0.4 is 10.9 Å². The van der Waals surface area contributed by atoms with Gasteiger partial charge in [0.15, 0.2) is 0 Å². The smallest absolute Gasteiger partial charge is 0.412 e. The summed E-state index contributed by atoms with van der Waals surface area (Å²) in [6.07, 6.45) is 5.51. The second kappa shape index (κ2) is 8.70. The molecule has 0 radical (unpaired) electrons. The van der Waals surface area contributed by atoms with E-state index in [0.29, 0.717) is 12.2 Å². The number of nitrogens with zero attached hydrogens (tertiary/aromatic N) is 1. The molecular weight excluding hydrogens is 328 g/mol. The van der Waals surface area contributed by atoms with E-state index >= 15 is 0 Å². The van der Waals surface area contributed by atoms with Crippen LogP contribution in [0.3, 0.4) is 0 Å². The number of fused-ring (bicyclic) bond motifs is 1. The Kier molecular flexibility index (Phi) is 6.10. The first-order valence-electron chi connectivity index (χ1n) is 9.42. The van der Waals surface area contributed by atoms with Gasteiger partial charge in [0.1, 0.15) is 12.3 Å². The molecule has 0 bridgehead atoms. The molecule has 0 unspecified atom stereocenters. The maximum atomic E-state index is 12.8. The number of hydrogen-bond donors (Lipinski definition) is 1. The summed E-state index contributed by atoms with van der Waals surface area (Å²) in [6.45, 7) is 2.99. The lowest BCUT2D eigenvalue weighted by atomic mass is 9.95. The van der Waals surface area contributed by atoms with Crippen molar-refractivity contribution >= 4 is 11.8 Å². The Hall–Kier alpha value is -2.56. The molecule has 5 nitrogen and oxygen atoms in total. The fourth-order valence-corrected chi connectivity index (χ4v) is 3.39. The molecule has 0 saturated carbocycles. The van der Waals surface area contributed by atoms with Crippen LogP contribution in [-0.2, 0) is 30.7 Å². The maximum absolute atomic E-state index is 12.8. The van der Waals surface area contributed by atoms with E-state index in [1.165, 1.54) is 5.56 Å². The highest BCUT2D eigenvalue weighted by atomic mass is 16.5. The maximum Gasteiger partial charge on any atom is 0.412 e. The van der Waals surface area contributed by atoms with E-state index < -0.39 is 6.09 Å². The summed E-state index contributed by atoms with van der Waals surface area (Å²) in [5, 5.41) is 2.65. The minimum Gasteiger partial charge on any atom is -0.444 e. The van der Waals surface area contributed by atoms with E-state index in [1.54, 1.807) is 0 Å². The predicted molar refractivity (Wildman–Crippen MR) is 103 cm³/mol. The number of pyridine rings is 1. The van der Waals surface area contributed by atoms with Crippen LogP contribution in [0.2, 0.25) is 0 Å². The molecule has 0 atom stereocenters. The van der Waals surface area contributed by atoms with Gasteiger partial charge < -0.3 is 9.30 Å². The Morgan fingerprint density at radius 1 is 1.19 bits per heavy atom. The minimum atomic E-state index is -0.594. The topological polar surface area (TPSA) is 60.3 Å². The van der Waals surface area contributed by atoms with Crippen molar-refractivity contribution in [3.63, 3.8) is 0 Å². The summed E-state index contributed by atoms with van der Waals surface area (Å²) in [6, 6.07) is 11.3. The fourth-order valence-electron chi connectivity index (χ4n) is 3.39. The zero-order valence-electron chi connectivity index (χ0n) is 15.3. The van der Waals surface area contributed by atoms with Gasteiger partial charge in [0.25, 0.3) is 5.56 Å². The van der Waals surface area contributed by atoms with Crippen LogP contribution in [0.15, 0.2) is 41.2 Å². The number of ether oxygens (including phenoxy) is 1. The standard InChI is InChI=1S/C21H26N2O3/c1-2-3-13-23-19-12-8-7-11-17(19)14-18(20(23)24)22-21(25)26-15-16-9-5-4-6-10-16/h4-6,9-10,14H,2-3,7-8,11-13,15H2,1H3,(H,22,25). The average molecular weight is 354 g/mol. The molecule has 1 aromatic carbocycles. The number of aromatic nitrogens is 1. The van der Waals surface area contributed by atoms with E-state index in [-0.39, 0.29) is 12.2 Å². The molecule has 0 fully saturated rings. The third kappa shape index (κ3) is 4.34. The highest BCUT2D eigenvalue weighted by Crippen LogP contribution is 2.22. The first-order chi connectivity index (χ1) is 12.7. The molecule has 5 heteroatoms. The summed E-state index contributed by atoms with van der Waals surface area (Å²) in [5.74, 6) is 0. The Balaban J connectivity index is 1.76. The number of carbonyl (C=O) groups excluding carboxylic acids is 1. The number of rotatable bonds is 6. The van der Waals surface area contributed by atoms with E-state index in [0.717, 1.165) is 49.8 Å². The van der Waals surface area contributed by atoms with Gasteiger partial charge in [0.05, 0.1) is 0 Å². The second-order valence-corrected chi connectivity index (χ2v) is 6.73. The third-order valence-corrected chi connectivity index (χ3v) is 4.79. The van der Waals surface area contributed by atoms with Crippen LogP contribution in [-0.4, -0.2) is 10.7 Å². The lowest BCUT2D eigenvalue weighted by Gasteiger charge is -2.22.